The molecule has 0 saturated heterocycles. The predicted octanol–water partition coefficient (Wildman–Crippen LogP) is 3.86. The Balaban J connectivity index is 1.46. The molecule has 34 heavy (non-hydrogen) atoms. The second-order valence-corrected chi connectivity index (χ2v) is 7.69. The molecular formula is C23H19F2N3O5S. The Labute approximate surface area is 198 Å². The van der Waals surface area contributed by atoms with Crippen molar-refractivity contribution < 1.29 is 32.5 Å². The molecule has 3 N–H and O–H groups in total. The fraction of sp³-hybridized carbons (Fsp3) is 0.174. The average molecular weight is 487 g/mol. The van der Waals surface area contributed by atoms with Gasteiger partial charge in [-0.15, -0.1) is 0 Å². The third kappa shape index (κ3) is 5.31. The van der Waals surface area contributed by atoms with E-state index in [0.29, 0.717) is 17.2 Å². The number of aromatic nitrogens is 1. The van der Waals surface area contributed by atoms with E-state index in [9.17, 15) is 13.6 Å². The van der Waals surface area contributed by atoms with Gasteiger partial charge in [-0.1, -0.05) is 18.3 Å². The fourth-order valence-electron chi connectivity index (χ4n) is 3.00. The molecule has 1 aromatic heterocycles. The van der Waals surface area contributed by atoms with E-state index in [-0.39, 0.29) is 41.1 Å². The van der Waals surface area contributed by atoms with E-state index < -0.39 is 23.6 Å². The number of nitrogens with zero attached hydrogens (tertiary/aromatic N) is 1. The Morgan fingerprint density at radius 1 is 1.18 bits per heavy atom. The maximum absolute atomic E-state index is 14.5. The molecule has 0 aliphatic carbocycles. The number of benzene rings is 2. The Hall–Kier alpha value is -3.99. The highest BCUT2D eigenvalue weighted by atomic mass is 32.1. The van der Waals surface area contributed by atoms with Crippen LogP contribution in [0, 0.1) is 11.6 Å². The monoisotopic (exact) mass is 487 g/mol. The van der Waals surface area contributed by atoms with Crippen molar-refractivity contribution >= 4 is 23.1 Å². The standard InChI is InChI=1S/C23H19F2N3O5S/c1-12(21(26)34)32-15-3-2-13(18(25)7-15)9-27-22(29)17-6-14(24)10-28-23(17)33-16-4-5-19-20(8-16)31-11-30-19/h2-8,10,12H,9,11H2,1H3,(H2,26,34)(H,27,29). The molecule has 3 aromatic rings. The van der Waals surface area contributed by atoms with E-state index in [2.05, 4.69) is 10.3 Å². The number of ether oxygens (including phenoxy) is 4. The molecule has 8 nitrogen and oxygen atoms in total. The summed E-state index contributed by atoms with van der Waals surface area (Å²) in [6.07, 6.45) is 0.356. The van der Waals surface area contributed by atoms with Crippen LogP contribution >= 0.6 is 12.2 Å². The quantitative estimate of drug-likeness (QED) is 0.462. The zero-order valence-corrected chi connectivity index (χ0v) is 18.7. The van der Waals surface area contributed by atoms with Gasteiger partial charge >= 0.3 is 0 Å². The Morgan fingerprint density at radius 3 is 2.71 bits per heavy atom. The number of hydrogen-bond donors (Lipinski definition) is 2. The summed E-state index contributed by atoms with van der Waals surface area (Å²) in [5, 5.41) is 2.54. The molecule has 176 valence electrons. The molecule has 11 heteroatoms. The number of fused-ring (bicyclic) bond motifs is 1. The molecule has 1 unspecified atom stereocenters. The van der Waals surface area contributed by atoms with E-state index in [1.54, 1.807) is 25.1 Å². The van der Waals surface area contributed by atoms with Crippen LogP contribution in [-0.2, 0) is 6.54 Å². The third-order valence-corrected chi connectivity index (χ3v) is 5.13. The van der Waals surface area contributed by atoms with Gasteiger partial charge in [0.25, 0.3) is 5.91 Å². The number of pyridine rings is 1. The second-order valence-electron chi connectivity index (χ2n) is 7.22. The molecular weight excluding hydrogens is 468 g/mol. The van der Waals surface area contributed by atoms with Crippen molar-refractivity contribution in [2.75, 3.05) is 6.79 Å². The van der Waals surface area contributed by atoms with E-state index in [1.807, 2.05) is 0 Å². The predicted molar refractivity (Wildman–Crippen MR) is 121 cm³/mol. The molecule has 2 heterocycles. The highest BCUT2D eigenvalue weighted by Crippen LogP contribution is 2.36. The van der Waals surface area contributed by atoms with Gasteiger partial charge in [0.05, 0.1) is 6.20 Å². The zero-order chi connectivity index (χ0) is 24.2. The van der Waals surface area contributed by atoms with E-state index in [4.69, 9.17) is 36.9 Å². The van der Waals surface area contributed by atoms with Gasteiger partial charge in [0.1, 0.15) is 39.8 Å². The van der Waals surface area contributed by atoms with Crippen LogP contribution in [0.15, 0.2) is 48.7 Å². The number of hydrogen-bond acceptors (Lipinski definition) is 7. The summed E-state index contributed by atoms with van der Waals surface area (Å²) >= 11 is 4.83. The van der Waals surface area contributed by atoms with Crippen LogP contribution in [-0.4, -0.2) is 28.8 Å². The topological polar surface area (TPSA) is 105 Å². The van der Waals surface area contributed by atoms with Crippen LogP contribution < -0.4 is 30.0 Å². The molecule has 1 aliphatic rings. The number of nitrogens with two attached hydrogens (primary N) is 1. The average Bonchev–Trinajstić information content (AvgIpc) is 3.27. The highest BCUT2D eigenvalue weighted by Gasteiger charge is 2.19. The normalized spacial score (nSPS) is 12.7. The SMILES string of the molecule is CC(Oc1ccc(CNC(=O)c2cc(F)cnc2Oc2ccc3c(c2)OCO3)c(F)c1)C(N)=S. The lowest BCUT2D eigenvalue weighted by atomic mass is 10.2. The van der Waals surface area contributed by atoms with Crippen LogP contribution in [0.1, 0.15) is 22.8 Å². The molecule has 2 aromatic carbocycles. The largest absolute Gasteiger partial charge is 0.484 e. The Kier molecular flexibility index (Phi) is 6.73. The molecule has 1 aliphatic heterocycles. The molecule has 0 saturated carbocycles. The fourth-order valence-corrected chi connectivity index (χ4v) is 3.05. The van der Waals surface area contributed by atoms with E-state index >= 15 is 0 Å². The lowest BCUT2D eigenvalue weighted by Crippen LogP contribution is -2.29. The molecule has 1 atom stereocenters. The van der Waals surface area contributed by atoms with Crippen molar-refractivity contribution in [1.29, 1.82) is 0 Å². The van der Waals surface area contributed by atoms with Gasteiger partial charge in [-0.3, -0.25) is 4.79 Å². The van der Waals surface area contributed by atoms with Crippen molar-refractivity contribution in [3.05, 3.63) is 71.4 Å². The molecule has 0 spiro atoms. The number of amides is 1. The lowest BCUT2D eigenvalue weighted by molar-refractivity contribution is 0.0947. The summed E-state index contributed by atoms with van der Waals surface area (Å²) in [6, 6.07) is 9.91. The number of carbonyl (C=O) groups is 1. The highest BCUT2D eigenvalue weighted by molar-refractivity contribution is 7.80. The first-order valence-corrected chi connectivity index (χ1v) is 10.5. The molecule has 1 amide bonds. The van der Waals surface area contributed by atoms with Crippen LogP contribution in [0.3, 0.4) is 0 Å². The molecule has 0 fully saturated rings. The number of thiocarbonyl (C=S) groups is 1. The number of carbonyl (C=O) groups excluding carboxylic acids is 1. The summed E-state index contributed by atoms with van der Waals surface area (Å²) in [4.78, 5) is 16.8. The smallest absolute Gasteiger partial charge is 0.257 e. The van der Waals surface area contributed by atoms with Crippen LogP contribution in [0.4, 0.5) is 8.78 Å². The van der Waals surface area contributed by atoms with Crippen LogP contribution in [0.25, 0.3) is 0 Å². The summed E-state index contributed by atoms with van der Waals surface area (Å²) in [6.45, 7) is 1.56. The van der Waals surface area contributed by atoms with Gasteiger partial charge in [-0.25, -0.2) is 13.8 Å². The first-order valence-electron chi connectivity index (χ1n) is 10.1. The van der Waals surface area contributed by atoms with Crippen molar-refractivity contribution in [3.8, 4) is 28.9 Å². The summed E-state index contributed by atoms with van der Waals surface area (Å²) in [5.41, 5.74) is 5.52. The van der Waals surface area contributed by atoms with Crippen molar-refractivity contribution in [2.45, 2.75) is 19.6 Å². The van der Waals surface area contributed by atoms with Gasteiger partial charge in [-0.2, -0.15) is 0 Å². The van der Waals surface area contributed by atoms with Crippen molar-refractivity contribution in [1.82, 2.24) is 10.3 Å². The van der Waals surface area contributed by atoms with Gasteiger partial charge < -0.3 is 30.0 Å². The van der Waals surface area contributed by atoms with Crippen LogP contribution in [0.5, 0.6) is 28.9 Å². The minimum Gasteiger partial charge on any atom is -0.484 e. The first kappa shape index (κ1) is 23.2. The van der Waals surface area contributed by atoms with E-state index in [0.717, 1.165) is 18.3 Å². The third-order valence-electron chi connectivity index (χ3n) is 4.80. The lowest BCUT2D eigenvalue weighted by Gasteiger charge is -2.14. The maximum Gasteiger partial charge on any atom is 0.257 e. The number of nitrogens with one attached hydrogen (secondary N) is 1. The summed E-state index contributed by atoms with van der Waals surface area (Å²) < 4.78 is 50.0. The summed E-state index contributed by atoms with van der Waals surface area (Å²) in [7, 11) is 0. The van der Waals surface area contributed by atoms with Gasteiger partial charge in [0, 0.05) is 24.2 Å². The van der Waals surface area contributed by atoms with Gasteiger partial charge in [0.2, 0.25) is 12.7 Å². The van der Waals surface area contributed by atoms with Gasteiger partial charge in [-0.05, 0) is 31.2 Å². The number of halogens is 2. The zero-order valence-electron chi connectivity index (χ0n) is 17.8. The second kappa shape index (κ2) is 9.87. The van der Waals surface area contributed by atoms with Gasteiger partial charge in [0.15, 0.2) is 11.5 Å². The van der Waals surface area contributed by atoms with Crippen molar-refractivity contribution in [3.63, 3.8) is 0 Å². The minimum atomic E-state index is -0.734. The number of rotatable bonds is 8. The Bertz CT molecular complexity index is 1260. The first-order chi connectivity index (χ1) is 16.3. The molecule has 4 rings (SSSR count). The summed E-state index contributed by atoms with van der Waals surface area (Å²) in [5.74, 6) is -0.609. The Morgan fingerprint density at radius 2 is 1.94 bits per heavy atom. The molecule has 0 radical (unpaired) electrons. The maximum atomic E-state index is 14.5. The minimum absolute atomic E-state index is 0.0877. The van der Waals surface area contributed by atoms with Crippen molar-refractivity contribution in [2.24, 2.45) is 5.73 Å². The van der Waals surface area contributed by atoms with E-state index in [1.165, 1.54) is 12.1 Å². The van der Waals surface area contributed by atoms with Crippen LogP contribution in [0.2, 0.25) is 0 Å². The molecule has 0 bridgehead atoms.